The van der Waals surface area contributed by atoms with Crippen LogP contribution < -0.4 is 15.0 Å². The zero-order valence-electron chi connectivity index (χ0n) is 17.1. The molecule has 0 saturated heterocycles. The largest absolute Gasteiger partial charge is 0.415 e. The van der Waals surface area contributed by atoms with Crippen molar-refractivity contribution < 1.29 is 23.1 Å². The number of alkyl halides is 2. The quantitative estimate of drug-likeness (QED) is 0.634. The van der Waals surface area contributed by atoms with Crippen LogP contribution >= 0.6 is 0 Å². The van der Waals surface area contributed by atoms with Gasteiger partial charge in [-0.3, -0.25) is 4.90 Å². The van der Waals surface area contributed by atoms with Crippen LogP contribution in [-0.4, -0.2) is 30.0 Å². The third-order valence-corrected chi connectivity index (χ3v) is 5.19. The number of hydrogen-bond acceptors (Lipinski definition) is 4. The molecular formula is C22H25F2N3O3. The minimum absolute atomic E-state index is 0.0594. The van der Waals surface area contributed by atoms with Crippen LogP contribution in [0, 0.1) is 12.8 Å². The van der Waals surface area contributed by atoms with Gasteiger partial charge in [-0.05, 0) is 49.4 Å². The molecule has 3 rings (SSSR count). The van der Waals surface area contributed by atoms with Crippen LogP contribution in [0.25, 0.3) is 0 Å². The first kappa shape index (κ1) is 21.7. The predicted molar refractivity (Wildman–Crippen MR) is 110 cm³/mol. The van der Waals surface area contributed by atoms with E-state index >= 15 is 0 Å². The van der Waals surface area contributed by atoms with E-state index in [0.29, 0.717) is 18.5 Å². The number of rotatable bonds is 7. The molecule has 0 bridgehead atoms. The fraction of sp³-hybridized carbons (Fsp3) is 0.409. The minimum Gasteiger partial charge on any atom is -0.415 e. The summed E-state index contributed by atoms with van der Waals surface area (Å²) in [5, 5.41) is 2.67. The SMILES string of the molecule is Cc1ccc(NC(=O)N(c2ccccc2C(C)C)C2CC(C=O)C2)c(OC(F)F)n1. The highest BCUT2D eigenvalue weighted by Crippen LogP contribution is 2.37. The van der Waals surface area contributed by atoms with Crippen molar-refractivity contribution in [2.45, 2.75) is 52.2 Å². The molecule has 2 aromatic rings. The molecular weight excluding hydrogens is 392 g/mol. The van der Waals surface area contributed by atoms with Crippen molar-refractivity contribution >= 4 is 23.7 Å². The van der Waals surface area contributed by atoms with Crippen LogP contribution in [0.3, 0.4) is 0 Å². The third-order valence-electron chi connectivity index (χ3n) is 5.19. The normalized spacial score (nSPS) is 18.1. The number of pyridine rings is 1. The number of aromatic nitrogens is 1. The van der Waals surface area contributed by atoms with Crippen LogP contribution in [0.15, 0.2) is 36.4 Å². The fourth-order valence-corrected chi connectivity index (χ4v) is 3.60. The van der Waals surface area contributed by atoms with E-state index in [9.17, 15) is 18.4 Å². The summed E-state index contributed by atoms with van der Waals surface area (Å²) >= 11 is 0. The number of ether oxygens (including phenoxy) is 1. The topological polar surface area (TPSA) is 71.5 Å². The Hall–Kier alpha value is -3.03. The highest BCUT2D eigenvalue weighted by Gasteiger charge is 2.38. The number of para-hydroxylation sites is 1. The summed E-state index contributed by atoms with van der Waals surface area (Å²) in [5.41, 5.74) is 2.26. The molecule has 6 nitrogen and oxygen atoms in total. The molecule has 8 heteroatoms. The van der Waals surface area contributed by atoms with Crippen molar-refractivity contribution in [3.63, 3.8) is 0 Å². The summed E-state index contributed by atoms with van der Waals surface area (Å²) in [6.45, 7) is 2.64. The Morgan fingerprint density at radius 1 is 1.23 bits per heavy atom. The lowest BCUT2D eigenvalue weighted by molar-refractivity contribution is -0.113. The molecule has 2 amide bonds. The number of amides is 2. The first-order valence-electron chi connectivity index (χ1n) is 9.87. The molecule has 0 radical (unpaired) electrons. The zero-order valence-corrected chi connectivity index (χ0v) is 17.1. The molecule has 1 heterocycles. The van der Waals surface area contributed by atoms with Gasteiger partial charge in [0.1, 0.15) is 12.0 Å². The van der Waals surface area contributed by atoms with Crippen LogP contribution in [0.2, 0.25) is 0 Å². The van der Waals surface area contributed by atoms with Gasteiger partial charge < -0.3 is 14.8 Å². The zero-order chi connectivity index (χ0) is 21.8. The number of aldehydes is 1. The number of halogens is 2. The van der Waals surface area contributed by atoms with Gasteiger partial charge in [-0.2, -0.15) is 8.78 Å². The Morgan fingerprint density at radius 2 is 1.93 bits per heavy atom. The Bertz CT molecular complexity index is 914. The molecule has 0 unspecified atom stereocenters. The average molecular weight is 417 g/mol. The van der Waals surface area contributed by atoms with Crippen molar-refractivity contribution in [2.75, 3.05) is 10.2 Å². The number of carbonyl (C=O) groups excluding carboxylic acids is 2. The average Bonchev–Trinajstić information content (AvgIpc) is 2.65. The number of aryl methyl sites for hydroxylation is 1. The summed E-state index contributed by atoms with van der Waals surface area (Å²) in [6.07, 6.45) is 2.01. The van der Waals surface area contributed by atoms with Crippen LogP contribution in [0.1, 0.15) is 43.9 Å². The summed E-state index contributed by atoms with van der Waals surface area (Å²) in [6, 6.07) is 9.99. The summed E-state index contributed by atoms with van der Waals surface area (Å²) in [5.74, 6) is -0.262. The van der Waals surface area contributed by atoms with E-state index in [0.717, 1.165) is 17.5 Å². The van der Waals surface area contributed by atoms with E-state index in [1.165, 1.54) is 6.07 Å². The second kappa shape index (κ2) is 9.19. The van der Waals surface area contributed by atoms with Gasteiger partial charge in [0.05, 0.1) is 0 Å². The second-order valence-corrected chi connectivity index (χ2v) is 7.72. The van der Waals surface area contributed by atoms with Gasteiger partial charge in [-0.25, -0.2) is 9.78 Å². The van der Waals surface area contributed by atoms with Crippen molar-refractivity contribution in [3.8, 4) is 5.88 Å². The monoisotopic (exact) mass is 417 g/mol. The standard InChI is InChI=1S/C22H25F2N3O3/c1-13(2)17-6-4-5-7-19(17)27(16-10-15(11-16)12-28)22(29)26-18-9-8-14(3)25-20(18)30-21(23)24/h4-9,12-13,15-16,21H,10-11H2,1-3H3,(H,26,29). The predicted octanol–water partition coefficient (Wildman–Crippen LogP) is 5.13. The Balaban J connectivity index is 1.94. The molecule has 1 aromatic heterocycles. The molecule has 1 saturated carbocycles. The van der Waals surface area contributed by atoms with Crippen molar-refractivity contribution in [2.24, 2.45) is 5.92 Å². The van der Waals surface area contributed by atoms with Crippen molar-refractivity contribution in [3.05, 3.63) is 47.7 Å². The van der Waals surface area contributed by atoms with Gasteiger partial charge in [0.15, 0.2) is 0 Å². The van der Waals surface area contributed by atoms with Gasteiger partial charge in [0.2, 0.25) is 5.88 Å². The molecule has 1 aromatic carbocycles. The number of carbonyl (C=O) groups is 2. The Labute approximate surface area is 174 Å². The number of urea groups is 1. The van der Waals surface area contributed by atoms with Crippen LogP contribution in [0.4, 0.5) is 25.0 Å². The number of anilines is 2. The fourth-order valence-electron chi connectivity index (χ4n) is 3.60. The van der Waals surface area contributed by atoms with E-state index < -0.39 is 12.6 Å². The van der Waals surface area contributed by atoms with Gasteiger partial charge >= 0.3 is 12.6 Å². The summed E-state index contributed by atoms with van der Waals surface area (Å²) in [4.78, 5) is 30.0. The van der Waals surface area contributed by atoms with E-state index in [4.69, 9.17) is 0 Å². The molecule has 0 aliphatic heterocycles. The molecule has 0 spiro atoms. The highest BCUT2D eigenvalue weighted by atomic mass is 19.3. The number of hydrogen-bond donors (Lipinski definition) is 1. The highest BCUT2D eigenvalue weighted by molar-refractivity contribution is 6.03. The van der Waals surface area contributed by atoms with E-state index in [1.54, 1.807) is 17.9 Å². The maximum atomic E-state index is 13.3. The first-order valence-corrected chi connectivity index (χ1v) is 9.87. The summed E-state index contributed by atoms with van der Waals surface area (Å²) in [7, 11) is 0. The van der Waals surface area contributed by atoms with Crippen molar-refractivity contribution in [1.82, 2.24) is 4.98 Å². The maximum Gasteiger partial charge on any atom is 0.388 e. The lowest BCUT2D eigenvalue weighted by atomic mass is 9.80. The number of benzene rings is 1. The lowest BCUT2D eigenvalue weighted by Crippen LogP contribution is -2.50. The van der Waals surface area contributed by atoms with Gasteiger partial charge in [-0.1, -0.05) is 32.0 Å². The molecule has 1 fully saturated rings. The minimum atomic E-state index is -3.06. The van der Waals surface area contributed by atoms with Gasteiger partial charge in [0.25, 0.3) is 0 Å². The van der Waals surface area contributed by atoms with Crippen molar-refractivity contribution in [1.29, 1.82) is 0 Å². The summed E-state index contributed by atoms with van der Waals surface area (Å²) < 4.78 is 30.1. The van der Waals surface area contributed by atoms with Crippen LogP contribution in [0.5, 0.6) is 5.88 Å². The van der Waals surface area contributed by atoms with E-state index in [2.05, 4.69) is 15.0 Å². The lowest BCUT2D eigenvalue weighted by Gasteiger charge is -2.41. The molecule has 1 N–H and O–H groups in total. The van der Waals surface area contributed by atoms with Gasteiger partial charge in [-0.15, -0.1) is 0 Å². The molecule has 160 valence electrons. The molecule has 30 heavy (non-hydrogen) atoms. The second-order valence-electron chi connectivity index (χ2n) is 7.72. The molecule has 0 atom stereocenters. The first-order chi connectivity index (χ1) is 14.3. The maximum absolute atomic E-state index is 13.3. The molecule has 1 aliphatic carbocycles. The van der Waals surface area contributed by atoms with E-state index in [1.807, 2.05) is 38.1 Å². The number of nitrogens with one attached hydrogen (secondary N) is 1. The van der Waals surface area contributed by atoms with Gasteiger partial charge in [0, 0.05) is 23.3 Å². The van der Waals surface area contributed by atoms with Crippen LogP contribution in [-0.2, 0) is 4.79 Å². The van der Waals surface area contributed by atoms with E-state index in [-0.39, 0.29) is 29.4 Å². The Morgan fingerprint density at radius 3 is 2.57 bits per heavy atom. The smallest absolute Gasteiger partial charge is 0.388 e. The number of nitrogens with zero attached hydrogens (tertiary/aromatic N) is 2. The Kier molecular flexibility index (Phi) is 6.64. The molecule has 1 aliphatic rings. The third kappa shape index (κ3) is 4.75.